The molecule has 0 spiro atoms. The zero-order valence-electron chi connectivity index (χ0n) is 14.5. The van der Waals surface area contributed by atoms with Gasteiger partial charge in [0.2, 0.25) is 0 Å². The van der Waals surface area contributed by atoms with Crippen molar-refractivity contribution in [1.82, 2.24) is 0 Å². The van der Waals surface area contributed by atoms with Crippen LogP contribution in [-0.4, -0.2) is 26.4 Å². The molecule has 0 bridgehead atoms. The molecule has 140 valence electrons. The van der Waals surface area contributed by atoms with Crippen molar-refractivity contribution in [2.24, 2.45) is 11.3 Å². The first kappa shape index (κ1) is 18.9. The number of allylic oxidation sites excluding steroid dienone is 2. The Kier molecular flexibility index (Phi) is 4.88. The maximum atomic E-state index is 12.4. The molecule has 0 aromatic heterocycles. The molecule has 2 atom stereocenters. The summed E-state index contributed by atoms with van der Waals surface area (Å²) in [5, 5.41) is 0.00356. The topological polar surface area (TPSA) is 86.7 Å². The number of esters is 1. The van der Waals surface area contributed by atoms with Crippen molar-refractivity contribution in [2.75, 3.05) is 6.26 Å². The van der Waals surface area contributed by atoms with E-state index in [9.17, 15) is 18.0 Å². The van der Waals surface area contributed by atoms with Crippen molar-refractivity contribution in [3.8, 4) is 5.75 Å². The van der Waals surface area contributed by atoms with Crippen LogP contribution in [0.4, 0.5) is 0 Å². The van der Waals surface area contributed by atoms with Gasteiger partial charge in [0.05, 0.1) is 16.8 Å². The number of halogens is 1. The van der Waals surface area contributed by atoms with Crippen LogP contribution in [0, 0.1) is 11.3 Å². The minimum absolute atomic E-state index is 0.000894. The van der Waals surface area contributed by atoms with E-state index in [0.717, 1.165) is 25.5 Å². The SMILES string of the molecule is CC12CCCC1C(=O)C=C(OC(=O)c1ccc(OS(C)(=O)=O)cc1Cl)C2. The Balaban J connectivity index is 1.76. The van der Waals surface area contributed by atoms with Crippen molar-refractivity contribution in [3.63, 3.8) is 0 Å². The molecule has 0 aliphatic heterocycles. The Hall–Kier alpha value is -1.86. The quantitative estimate of drug-likeness (QED) is 0.569. The van der Waals surface area contributed by atoms with E-state index in [-0.39, 0.29) is 33.5 Å². The van der Waals surface area contributed by atoms with Gasteiger partial charge in [0, 0.05) is 24.5 Å². The van der Waals surface area contributed by atoms with Crippen LogP contribution in [0.25, 0.3) is 0 Å². The van der Waals surface area contributed by atoms with Crippen LogP contribution < -0.4 is 4.18 Å². The second-order valence-electron chi connectivity index (χ2n) is 7.11. The number of carbonyl (C=O) groups excluding carboxylic acids is 2. The second kappa shape index (κ2) is 6.70. The molecule has 0 amide bonds. The van der Waals surface area contributed by atoms with Gasteiger partial charge in [-0.1, -0.05) is 24.9 Å². The van der Waals surface area contributed by atoms with Gasteiger partial charge >= 0.3 is 16.1 Å². The van der Waals surface area contributed by atoms with Crippen molar-refractivity contribution >= 4 is 33.5 Å². The van der Waals surface area contributed by atoms with E-state index in [1.807, 2.05) is 6.92 Å². The Labute approximate surface area is 157 Å². The van der Waals surface area contributed by atoms with Crippen LogP contribution in [0.2, 0.25) is 5.02 Å². The molecule has 2 aliphatic carbocycles. The highest BCUT2D eigenvalue weighted by Crippen LogP contribution is 2.50. The van der Waals surface area contributed by atoms with Crippen molar-refractivity contribution in [3.05, 3.63) is 40.6 Å². The zero-order valence-corrected chi connectivity index (χ0v) is 16.0. The number of hydrogen-bond acceptors (Lipinski definition) is 6. The van der Waals surface area contributed by atoms with Crippen LogP contribution in [0.1, 0.15) is 43.0 Å². The average Bonchev–Trinajstić information content (AvgIpc) is 2.87. The third-order valence-electron chi connectivity index (χ3n) is 4.94. The highest BCUT2D eigenvalue weighted by molar-refractivity contribution is 7.86. The smallest absolute Gasteiger partial charge is 0.344 e. The van der Waals surface area contributed by atoms with E-state index >= 15 is 0 Å². The number of ketones is 1. The number of hydrogen-bond donors (Lipinski definition) is 0. The van der Waals surface area contributed by atoms with Crippen LogP contribution in [0.5, 0.6) is 5.75 Å². The maximum absolute atomic E-state index is 12.4. The first-order chi connectivity index (χ1) is 12.1. The molecule has 26 heavy (non-hydrogen) atoms. The van der Waals surface area contributed by atoms with E-state index < -0.39 is 16.1 Å². The molecule has 1 aromatic carbocycles. The van der Waals surface area contributed by atoms with Gasteiger partial charge in [-0.3, -0.25) is 4.79 Å². The average molecular weight is 399 g/mol. The molecule has 6 nitrogen and oxygen atoms in total. The molecular weight excluding hydrogens is 380 g/mol. The van der Waals surface area contributed by atoms with Gasteiger partial charge in [-0.05, 0) is 30.4 Å². The van der Waals surface area contributed by atoms with Gasteiger partial charge in [0.1, 0.15) is 11.5 Å². The molecule has 0 radical (unpaired) electrons. The Bertz CT molecular complexity index is 904. The lowest BCUT2D eigenvalue weighted by Gasteiger charge is -2.34. The normalized spacial score (nSPS) is 25.4. The van der Waals surface area contributed by atoms with Crippen LogP contribution >= 0.6 is 11.6 Å². The van der Waals surface area contributed by atoms with E-state index in [4.69, 9.17) is 20.5 Å². The molecule has 1 saturated carbocycles. The molecule has 1 fully saturated rings. The molecule has 2 unspecified atom stereocenters. The minimum atomic E-state index is -3.69. The summed E-state index contributed by atoms with van der Waals surface area (Å²) >= 11 is 6.05. The summed E-state index contributed by atoms with van der Waals surface area (Å²) in [4.78, 5) is 24.7. The highest BCUT2D eigenvalue weighted by atomic mass is 35.5. The summed E-state index contributed by atoms with van der Waals surface area (Å²) in [6.45, 7) is 2.05. The molecule has 0 saturated heterocycles. The van der Waals surface area contributed by atoms with Gasteiger partial charge in [0.15, 0.2) is 5.78 Å². The Morgan fingerprint density at radius 3 is 2.73 bits per heavy atom. The number of rotatable bonds is 4. The standard InChI is InChI=1S/C18H19ClO6S/c1-18-7-3-4-14(18)16(20)9-12(10-18)24-17(21)13-6-5-11(8-15(13)19)25-26(2,22)23/h5-6,8-9,14H,3-4,7,10H2,1-2H3. The first-order valence-electron chi connectivity index (χ1n) is 8.23. The lowest BCUT2D eigenvalue weighted by atomic mass is 9.71. The predicted molar refractivity (Wildman–Crippen MR) is 95.5 cm³/mol. The van der Waals surface area contributed by atoms with E-state index in [2.05, 4.69) is 0 Å². The molecular formula is C18H19ClO6S. The maximum Gasteiger partial charge on any atom is 0.344 e. The Morgan fingerprint density at radius 1 is 1.35 bits per heavy atom. The largest absolute Gasteiger partial charge is 0.427 e. The first-order valence-corrected chi connectivity index (χ1v) is 10.4. The predicted octanol–water partition coefficient (Wildman–Crippen LogP) is 3.50. The number of carbonyl (C=O) groups is 2. The van der Waals surface area contributed by atoms with Crippen LogP contribution in [0.15, 0.2) is 30.0 Å². The lowest BCUT2D eigenvalue weighted by molar-refractivity contribution is -0.122. The minimum Gasteiger partial charge on any atom is -0.427 e. The molecule has 2 aliphatic rings. The lowest BCUT2D eigenvalue weighted by Crippen LogP contribution is -2.33. The highest BCUT2D eigenvalue weighted by Gasteiger charge is 2.46. The fourth-order valence-electron chi connectivity index (χ4n) is 3.77. The fraction of sp³-hybridized carbons (Fsp3) is 0.444. The van der Waals surface area contributed by atoms with E-state index in [1.165, 1.54) is 24.3 Å². The Morgan fingerprint density at radius 2 is 2.08 bits per heavy atom. The molecule has 3 rings (SSSR count). The number of fused-ring (bicyclic) bond motifs is 1. The van der Waals surface area contributed by atoms with Crippen LogP contribution in [0.3, 0.4) is 0 Å². The fourth-order valence-corrected chi connectivity index (χ4v) is 4.47. The summed E-state index contributed by atoms with van der Waals surface area (Å²) in [6, 6.07) is 3.88. The molecule has 0 heterocycles. The van der Waals surface area contributed by atoms with Gasteiger partial charge in [0.25, 0.3) is 0 Å². The van der Waals surface area contributed by atoms with E-state index in [0.29, 0.717) is 12.2 Å². The van der Waals surface area contributed by atoms with Gasteiger partial charge in [-0.15, -0.1) is 0 Å². The summed E-state index contributed by atoms with van der Waals surface area (Å²) in [5.41, 5.74) is -0.0992. The third kappa shape index (κ3) is 3.94. The second-order valence-corrected chi connectivity index (χ2v) is 9.09. The molecule has 0 N–H and O–H groups in total. The van der Waals surface area contributed by atoms with Crippen molar-refractivity contribution in [1.29, 1.82) is 0 Å². The summed E-state index contributed by atoms with van der Waals surface area (Å²) in [5.74, 6) is -0.349. The van der Waals surface area contributed by atoms with Crippen LogP contribution in [-0.2, 0) is 19.6 Å². The monoisotopic (exact) mass is 398 g/mol. The summed E-state index contributed by atoms with van der Waals surface area (Å²) in [6.07, 6.45) is 5.64. The third-order valence-corrected chi connectivity index (χ3v) is 5.75. The number of benzene rings is 1. The van der Waals surface area contributed by atoms with Gasteiger partial charge < -0.3 is 8.92 Å². The summed E-state index contributed by atoms with van der Waals surface area (Å²) in [7, 11) is -3.69. The summed E-state index contributed by atoms with van der Waals surface area (Å²) < 4.78 is 32.4. The van der Waals surface area contributed by atoms with Gasteiger partial charge in [-0.2, -0.15) is 8.42 Å². The van der Waals surface area contributed by atoms with Crippen molar-refractivity contribution < 1.29 is 26.9 Å². The van der Waals surface area contributed by atoms with E-state index in [1.54, 1.807) is 0 Å². The molecule has 1 aromatic rings. The molecule has 8 heteroatoms. The van der Waals surface area contributed by atoms with Gasteiger partial charge in [-0.25, -0.2) is 4.79 Å². The number of ether oxygens (including phenoxy) is 1. The zero-order chi connectivity index (χ0) is 19.1. The van der Waals surface area contributed by atoms with Crippen molar-refractivity contribution in [2.45, 2.75) is 32.6 Å².